The molecule has 3 heteroatoms. The van der Waals surface area contributed by atoms with E-state index in [0.29, 0.717) is 18.4 Å². The number of aromatic nitrogens is 1. The van der Waals surface area contributed by atoms with Crippen LogP contribution in [-0.2, 0) is 6.54 Å². The molecular formula is C14H20N2O. The second kappa shape index (κ2) is 5.67. The van der Waals surface area contributed by atoms with E-state index in [1.807, 2.05) is 12.1 Å². The van der Waals surface area contributed by atoms with Crippen molar-refractivity contribution in [3.63, 3.8) is 0 Å². The molecule has 1 heterocycles. The highest BCUT2D eigenvalue weighted by atomic mass is 16.1. The molecule has 0 aliphatic heterocycles. The van der Waals surface area contributed by atoms with Gasteiger partial charge in [0.05, 0.1) is 0 Å². The molecule has 0 amide bonds. The molecule has 0 aliphatic rings. The maximum absolute atomic E-state index is 12.1. The fraction of sp³-hybridized carbons (Fsp3) is 0.571. The van der Waals surface area contributed by atoms with Crippen LogP contribution >= 0.6 is 0 Å². The SMILES string of the molecule is CC(C)CCn1c(C(C)C)ccc(C#N)c1=O. The number of nitriles is 1. The first kappa shape index (κ1) is 13.5. The lowest BCUT2D eigenvalue weighted by molar-refractivity contribution is 0.490. The largest absolute Gasteiger partial charge is 0.311 e. The van der Waals surface area contributed by atoms with Crippen LogP contribution < -0.4 is 5.56 Å². The summed E-state index contributed by atoms with van der Waals surface area (Å²) >= 11 is 0. The zero-order chi connectivity index (χ0) is 13.0. The molecule has 0 radical (unpaired) electrons. The third kappa shape index (κ3) is 3.20. The zero-order valence-electron chi connectivity index (χ0n) is 11.0. The van der Waals surface area contributed by atoms with Gasteiger partial charge in [-0.05, 0) is 30.4 Å². The lowest BCUT2D eigenvalue weighted by atomic mass is 10.1. The molecule has 0 aliphatic carbocycles. The van der Waals surface area contributed by atoms with Crippen molar-refractivity contribution in [2.45, 2.75) is 46.6 Å². The van der Waals surface area contributed by atoms with Crippen LogP contribution in [0.4, 0.5) is 0 Å². The minimum atomic E-state index is -0.153. The van der Waals surface area contributed by atoms with Crippen molar-refractivity contribution in [3.05, 3.63) is 33.7 Å². The molecule has 1 rings (SSSR count). The third-order valence-electron chi connectivity index (χ3n) is 2.85. The second-order valence-corrected chi connectivity index (χ2v) is 5.08. The summed E-state index contributed by atoms with van der Waals surface area (Å²) in [5, 5.41) is 8.89. The van der Waals surface area contributed by atoms with E-state index in [0.717, 1.165) is 12.1 Å². The van der Waals surface area contributed by atoms with E-state index in [9.17, 15) is 4.79 Å². The van der Waals surface area contributed by atoms with E-state index in [2.05, 4.69) is 27.7 Å². The van der Waals surface area contributed by atoms with Gasteiger partial charge in [-0.1, -0.05) is 27.7 Å². The number of hydrogen-bond donors (Lipinski definition) is 0. The predicted molar refractivity (Wildman–Crippen MR) is 69.0 cm³/mol. The fourth-order valence-corrected chi connectivity index (χ4v) is 1.80. The van der Waals surface area contributed by atoms with Crippen LogP contribution in [-0.4, -0.2) is 4.57 Å². The Morgan fingerprint density at radius 3 is 2.41 bits per heavy atom. The normalized spacial score (nSPS) is 10.9. The van der Waals surface area contributed by atoms with Gasteiger partial charge in [-0.2, -0.15) is 5.26 Å². The molecule has 0 aromatic carbocycles. The maximum atomic E-state index is 12.1. The molecule has 17 heavy (non-hydrogen) atoms. The van der Waals surface area contributed by atoms with Gasteiger partial charge < -0.3 is 4.57 Å². The van der Waals surface area contributed by atoms with Gasteiger partial charge in [-0.3, -0.25) is 4.79 Å². The van der Waals surface area contributed by atoms with Crippen molar-refractivity contribution in [3.8, 4) is 6.07 Å². The van der Waals surface area contributed by atoms with Gasteiger partial charge >= 0.3 is 0 Å². The number of nitrogens with zero attached hydrogens (tertiary/aromatic N) is 2. The van der Waals surface area contributed by atoms with Crippen molar-refractivity contribution in [2.75, 3.05) is 0 Å². The summed E-state index contributed by atoms with van der Waals surface area (Å²) in [7, 11) is 0. The summed E-state index contributed by atoms with van der Waals surface area (Å²) in [5.41, 5.74) is 1.09. The standard InChI is InChI=1S/C14H20N2O/c1-10(2)7-8-16-13(11(3)4)6-5-12(9-15)14(16)17/h5-6,10-11H,7-8H2,1-4H3. The van der Waals surface area contributed by atoms with Crippen molar-refractivity contribution in [2.24, 2.45) is 5.92 Å². The Hall–Kier alpha value is -1.56. The molecule has 0 atom stereocenters. The molecule has 92 valence electrons. The van der Waals surface area contributed by atoms with Crippen LogP contribution in [0.2, 0.25) is 0 Å². The minimum absolute atomic E-state index is 0.153. The number of hydrogen-bond acceptors (Lipinski definition) is 2. The molecule has 1 aromatic heterocycles. The number of pyridine rings is 1. The molecular weight excluding hydrogens is 212 g/mol. The first-order valence-electron chi connectivity index (χ1n) is 6.11. The Morgan fingerprint density at radius 1 is 1.29 bits per heavy atom. The molecule has 3 nitrogen and oxygen atoms in total. The van der Waals surface area contributed by atoms with E-state index < -0.39 is 0 Å². The van der Waals surface area contributed by atoms with E-state index in [1.54, 1.807) is 10.6 Å². The van der Waals surface area contributed by atoms with Crippen LogP contribution in [0.1, 0.15) is 51.3 Å². The van der Waals surface area contributed by atoms with E-state index in [-0.39, 0.29) is 11.1 Å². The smallest absolute Gasteiger partial charge is 0.268 e. The van der Waals surface area contributed by atoms with Crippen LogP contribution in [0.5, 0.6) is 0 Å². The fourth-order valence-electron chi connectivity index (χ4n) is 1.80. The summed E-state index contributed by atoms with van der Waals surface area (Å²) in [5.74, 6) is 0.843. The lowest BCUT2D eigenvalue weighted by Crippen LogP contribution is -2.26. The molecule has 0 spiro atoms. The van der Waals surface area contributed by atoms with Crippen LogP contribution in [0.15, 0.2) is 16.9 Å². The third-order valence-corrected chi connectivity index (χ3v) is 2.85. The molecule has 0 fully saturated rings. The Labute approximate surface area is 103 Å². The quantitative estimate of drug-likeness (QED) is 0.801. The average Bonchev–Trinajstić information content (AvgIpc) is 2.26. The topological polar surface area (TPSA) is 45.8 Å². The highest BCUT2D eigenvalue weighted by Crippen LogP contribution is 2.14. The Balaban J connectivity index is 3.22. The summed E-state index contributed by atoms with van der Waals surface area (Å²) < 4.78 is 1.75. The highest BCUT2D eigenvalue weighted by molar-refractivity contribution is 5.28. The van der Waals surface area contributed by atoms with Crippen molar-refractivity contribution in [1.29, 1.82) is 5.26 Å². The minimum Gasteiger partial charge on any atom is -0.311 e. The van der Waals surface area contributed by atoms with Gasteiger partial charge in [0, 0.05) is 12.2 Å². The van der Waals surface area contributed by atoms with Crippen LogP contribution in [0.25, 0.3) is 0 Å². The molecule has 0 unspecified atom stereocenters. The van der Waals surface area contributed by atoms with Crippen LogP contribution in [0, 0.1) is 17.2 Å². The molecule has 0 saturated heterocycles. The van der Waals surface area contributed by atoms with E-state index in [1.165, 1.54) is 0 Å². The van der Waals surface area contributed by atoms with Gasteiger partial charge in [-0.15, -0.1) is 0 Å². The maximum Gasteiger partial charge on any atom is 0.268 e. The highest BCUT2D eigenvalue weighted by Gasteiger charge is 2.11. The van der Waals surface area contributed by atoms with Gasteiger partial charge in [-0.25, -0.2) is 0 Å². The van der Waals surface area contributed by atoms with Crippen molar-refractivity contribution in [1.82, 2.24) is 4.57 Å². The Morgan fingerprint density at radius 2 is 1.94 bits per heavy atom. The lowest BCUT2D eigenvalue weighted by Gasteiger charge is -2.16. The second-order valence-electron chi connectivity index (χ2n) is 5.08. The van der Waals surface area contributed by atoms with Gasteiger partial charge in [0.25, 0.3) is 5.56 Å². The Kier molecular flexibility index (Phi) is 4.51. The first-order chi connectivity index (χ1) is 7.97. The van der Waals surface area contributed by atoms with Gasteiger partial charge in [0.1, 0.15) is 11.6 Å². The monoisotopic (exact) mass is 232 g/mol. The summed E-state index contributed by atoms with van der Waals surface area (Å²) in [6.45, 7) is 9.08. The summed E-state index contributed by atoms with van der Waals surface area (Å²) in [6, 6.07) is 5.48. The summed E-state index contributed by atoms with van der Waals surface area (Å²) in [4.78, 5) is 12.1. The Bertz CT molecular complexity index is 478. The van der Waals surface area contributed by atoms with Gasteiger partial charge in [0.2, 0.25) is 0 Å². The van der Waals surface area contributed by atoms with E-state index in [4.69, 9.17) is 5.26 Å². The summed E-state index contributed by atoms with van der Waals surface area (Å²) in [6.07, 6.45) is 0.953. The van der Waals surface area contributed by atoms with Crippen molar-refractivity contribution >= 4 is 0 Å². The van der Waals surface area contributed by atoms with Crippen molar-refractivity contribution < 1.29 is 0 Å². The van der Waals surface area contributed by atoms with Gasteiger partial charge in [0.15, 0.2) is 0 Å². The zero-order valence-corrected chi connectivity index (χ0v) is 11.0. The van der Waals surface area contributed by atoms with E-state index >= 15 is 0 Å². The molecule has 0 saturated carbocycles. The van der Waals surface area contributed by atoms with Crippen LogP contribution in [0.3, 0.4) is 0 Å². The first-order valence-corrected chi connectivity index (χ1v) is 6.11. The number of rotatable bonds is 4. The molecule has 1 aromatic rings. The predicted octanol–water partition coefficient (Wildman–Crippen LogP) is 2.89. The average molecular weight is 232 g/mol. The molecule has 0 bridgehead atoms. The molecule has 0 N–H and O–H groups in total.